The first-order valence-corrected chi connectivity index (χ1v) is 5.16. The SMILES string of the molecule is C=CCN1CC(CCN)CC1(C)C. The van der Waals surface area contributed by atoms with E-state index < -0.39 is 0 Å². The van der Waals surface area contributed by atoms with Crippen molar-refractivity contribution in [2.24, 2.45) is 11.7 Å². The zero-order chi connectivity index (χ0) is 9.90. The van der Waals surface area contributed by atoms with Crippen LogP contribution in [-0.2, 0) is 0 Å². The van der Waals surface area contributed by atoms with E-state index >= 15 is 0 Å². The van der Waals surface area contributed by atoms with Crippen molar-refractivity contribution in [3.8, 4) is 0 Å². The largest absolute Gasteiger partial charge is 0.330 e. The van der Waals surface area contributed by atoms with Crippen LogP contribution in [0.5, 0.6) is 0 Å². The van der Waals surface area contributed by atoms with Gasteiger partial charge >= 0.3 is 0 Å². The van der Waals surface area contributed by atoms with Crippen molar-refractivity contribution in [1.82, 2.24) is 4.90 Å². The van der Waals surface area contributed by atoms with Gasteiger partial charge in [0.2, 0.25) is 0 Å². The van der Waals surface area contributed by atoms with Gasteiger partial charge in [0.15, 0.2) is 0 Å². The molecule has 1 saturated heterocycles. The van der Waals surface area contributed by atoms with Gasteiger partial charge in [-0.3, -0.25) is 4.90 Å². The minimum absolute atomic E-state index is 0.341. The second-order valence-corrected chi connectivity index (χ2v) is 4.65. The molecule has 13 heavy (non-hydrogen) atoms. The van der Waals surface area contributed by atoms with E-state index in [1.807, 2.05) is 6.08 Å². The summed E-state index contributed by atoms with van der Waals surface area (Å²) >= 11 is 0. The number of rotatable bonds is 4. The maximum atomic E-state index is 5.58. The first kappa shape index (κ1) is 10.7. The molecule has 0 radical (unpaired) electrons. The van der Waals surface area contributed by atoms with Gasteiger partial charge in [0.1, 0.15) is 0 Å². The Labute approximate surface area is 81.8 Å². The number of likely N-dealkylation sites (tertiary alicyclic amines) is 1. The molecule has 2 heteroatoms. The molecule has 1 rings (SSSR count). The fourth-order valence-corrected chi connectivity index (χ4v) is 2.37. The van der Waals surface area contributed by atoms with Gasteiger partial charge in [0.05, 0.1) is 0 Å². The molecule has 0 aromatic rings. The quantitative estimate of drug-likeness (QED) is 0.669. The third-order valence-corrected chi connectivity index (χ3v) is 3.05. The first-order valence-electron chi connectivity index (χ1n) is 5.16. The fraction of sp³-hybridized carbons (Fsp3) is 0.818. The third kappa shape index (κ3) is 2.55. The molecule has 0 aromatic heterocycles. The Hall–Kier alpha value is -0.340. The molecule has 0 spiro atoms. The van der Waals surface area contributed by atoms with E-state index in [0.717, 1.165) is 25.4 Å². The monoisotopic (exact) mass is 182 g/mol. The molecule has 0 bridgehead atoms. The molecule has 0 aliphatic carbocycles. The Balaban J connectivity index is 2.51. The van der Waals surface area contributed by atoms with E-state index in [1.54, 1.807) is 0 Å². The van der Waals surface area contributed by atoms with Crippen molar-refractivity contribution in [1.29, 1.82) is 0 Å². The second-order valence-electron chi connectivity index (χ2n) is 4.65. The Morgan fingerprint density at radius 3 is 2.85 bits per heavy atom. The van der Waals surface area contributed by atoms with Crippen LogP contribution in [0.3, 0.4) is 0 Å². The van der Waals surface area contributed by atoms with Crippen molar-refractivity contribution in [3.05, 3.63) is 12.7 Å². The lowest BCUT2D eigenvalue weighted by atomic mass is 9.94. The molecule has 0 amide bonds. The van der Waals surface area contributed by atoms with Gasteiger partial charge in [0, 0.05) is 18.6 Å². The zero-order valence-electron chi connectivity index (χ0n) is 8.92. The van der Waals surface area contributed by atoms with Crippen LogP contribution < -0.4 is 5.73 Å². The van der Waals surface area contributed by atoms with Gasteiger partial charge in [-0.05, 0) is 39.2 Å². The maximum Gasteiger partial charge on any atom is 0.0166 e. The Bertz CT molecular complexity index is 175. The lowest BCUT2D eigenvalue weighted by Crippen LogP contribution is -2.37. The highest BCUT2D eigenvalue weighted by Crippen LogP contribution is 2.33. The molecular formula is C11H22N2. The first-order chi connectivity index (χ1) is 6.10. The second kappa shape index (κ2) is 4.25. The molecule has 1 aliphatic rings. The van der Waals surface area contributed by atoms with Crippen molar-refractivity contribution >= 4 is 0 Å². The van der Waals surface area contributed by atoms with Crippen molar-refractivity contribution < 1.29 is 0 Å². The van der Waals surface area contributed by atoms with Gasteiger partial charge in [-0.1, -0.05) is 6.08 Å². The van der Waals surface area contributed by atoms with Crippen LogP contribution in [0.1, 0.15) is 26.7 Å². The van der Waals surface area contributed by atoms with E-state index in [-0.39, 0.29) is 0 Å². The summed E-state index contributed by atoms with van der Waals surface area (Å²) in [4.78, 5) is 2.50. The van der Waals surface area contributed by atoms with Crippen molar-refractivity contribution in [2.75, 3.05) is 19.6 Å². The number of nitrogens with zero attached hydrogens (tertiary/aromatic N) is 1. The van der Waals surface area contributed by atoms with Crippen LogP contribution in [0.25, 0.3) is 0 Å². The highest BCUT2D eigenvalue weighted by molar-refractivity contribution is 4.95. The third-order valence-electron chi connectivity index (χ3n) is 3.05. The van der Waals surface area contributed by atoms with Gasteiger partial charge in [0.25, 0.3) is 0 Å². The summed E-state index contributed by atoms with van der Waals surface area (Å²) in [5, 5.41) is 0. The standard InChI is InChI=1S/C11H22N2/c1-4-7-13-9-10(5-6-12)8-11(13,2)3/h4,10H,1,5-9,12H2,2-3H3. The number of hydrogen-bond acceptors (Lipinski definition) is 2. The van der Waals surface area contributed by atoms with E-state index in [0.29, 0.717) is 5.54 Å². The van der Waals surface area contributed by atoms with Crippen LogP contribution in [0.2, 0.25) is 0 Å². The molecule has 1 unspecified atom stereocenters. The molecular weight excluding hydrogens is 160 g/mol. The normalized spacial score (nSPS) is 27.8. The van der Waals surface area contributed by atoms with Crippen LogP contribution >= 0.6 is 0 Å². The predicted octanol–water partition coefficient (Wildman–Crippen LogP) is 1.62. The highest BCUT2D eigenvalue weighted by Gasteiger charge is 2.36. The summed E-state index contributed by atoms with van der Waals surface area (Å²) in [5.74, 6) is 0.792. The summed E-state index contributed by atoms with van der Waals surface area (Å²) in [6.07, 6.45) is 4.43. The molecule has 0 saturated carbocycles. The smallest absolute Gasteiger partial charge is 0.0166 e. The topological polar surface area (TPSA) is 29.3 Å². The minimum atomic E-state index is 0.341. The van der Waals surface area contributed by atoms with Gasteiger partial charge < -0.3 is 5.73 Å². The lowest BCUT2D eigenvalue weighted by Gasteiger charge is -2.30. The van der Waals surface area contributed by atoms with Gasteiger partial charge in [-0.15, -0.1) is 6.58 Å². The average molecular weight is 182 g/mol. The molecule has 2 N–H and O–H groups in total. The molecule has 1 heterocycles. The summed E-state index contributed by atoms with van der Waals surface area (Å²) in [7, 11) is 0. The molecule has 1 atom stereocenters. The Kier molecular flexibility index (Phi) is 3.51. The molecule has 1 aliphatic heterocycles. The molecule has 1 fully saturated rings. The fourth-order valence-electron chi connectivity index (χ4n) is 2.37. The van der Waals surface area contributed by atoms with E-state index in [9.17, 15) is 0 Å². The van der Waals surface area contributed by atoms with Crippen LogP contribution in [0.15, 0.2) is 12.7 Å². The lowest BCUT2D eigenvalue weighted by molar-refractivity contribution is 0.194. The number of nitrogens with two attached hydrogens (primary N) is 1. The van der Waals surface area contributed by atoms with Gasteiger partial charge in [-0.2, -0.15) is 0 Å². The zero-order valence-corrected chi connectivity index (χ0v) is 8.92. The summed E-state index contributed by atoms with van der Waals surface area (Å²) in [6, 6.07) is 0. The maximum absolute atomic E-state index is 5.58. The summed E-state index contributed by atoms with van der Waals surface area (Å²) in [6.45, 7) is 11.4. The van der Waals surface area contributed by atoms with E-state index in [2.05, 4.69) is 25.3 Å². The number of hydrogen-bond donors (Lipinski definition) is 1. The minimum Gasteiger partial charge on any atom is -0.330 e. The van der Waals surface area contributed by atoms with Crippen molar-refractivity contribution in [2.45, 2.75) is 32.2 Å². The molecule has 2 nitrogen and oxygen atoms in total. The van der Waals surface area contributed by atoms with Crippen molar-refractivity contribution in [3.63, 3.8) is 0 Å². The molecule has 0 aromatic carbocycles. The predicted molar refractivity (Wildman–Crippen MR) is 57.6 cm³/mol. The Morgan fingerprint density at radius 2 is 2.31 bits per heavy atom. The van der Waals surface area contributed by atoms with E-state index in [1.165, 1.54) is 13.0 Å². The average Bonchev–Trinajstić information content (AvgIpc) is 2.28. The molecule has 76 valence electrons. The summed E-state index contributed by atoms with van der Waals surface area (Å²) in [5.41, 5.74) is 5.92. The highest BCUT2D eigenvalue weighted by atomic mass is 15.2. The Morgan fingerprint density at radius 1 is 1.62 bits per heavy atom. The van der Waals surface area contributed by atoms with Gasteiger partial charge in [-0.25, -0.2) is 0 Å². The summed E-state index contributed by atoms with van der Waals surface area (Å²) < 4.78 is 0. The van der Waals surface area contributed by atoms with E-state index in [4.69, 9.17) is 5.73 Å². The van der Waals surface area contributed by atoms with Crippen LogP contribution in [0, 0.1) is 5.92 Å². The van der Waals surface area contributed by atoms with Crippen LogP contribution in [0.4, 0.5) is 0 Å². The van der Waals surface area contributed by atoms with Crippen LogP contribution in [-0.4, -0.2) is 30.1 Å².